The Hall–Kier alpha value is -1.36. The van der Waals surface area contributed by atoms with Crippen molar-refractivity contribution in [2.45, 2.75) is 26.2 Å². The molecule has 1 aliphatic heterocycles. The number of anilines is 1. The van der Waals surface area contributed by atoms with E-state index in [1.54, 1.807) is 12.4 Å². The summed E-state index contributed by atoms with van der Waals surface area (Å²) < 4.78 is 0. The molecular weight excluding hydrogens is 216 g/mol. The lowest BCUT2D eigenvalue weighted by Gasteiger charge is -2.27. The molecule has 0 aliphatic carbocycles. The number of hydrogen-bond donors (Lipinski definition) is 3. The van der Waals surface area contributed by atoms with Crippen LogP contribution in [0, 0.1) is 11.8 Å². The molecule has 2 unspecified atom stereocenters. The van der Waals surface area contributed by atoms with Crippen LogP contribution in [0.25, 0.3) is 0 Å². The SMILES string of the molecule is CC(CC(=O)Nc1ncc[nH]1)C1CCCNC1. The summed E-state index contributed by atoms with van der Waals surface area (Å²) in [6.45, 7) is 4.30. The lowest BCUT2D eigenvalue weighted by Crippen LogP contribution is -2.34. The van der Waals surface area contributed by atoms with Gasteiger partial charge in [-0.05, 0) is 37.8 Å². The first-order valence-electron chi connectivity index (χ1n) is 6.25. The van der Waals surface area contributed by atoms with Crippen molar-refractivity contribution in [1.29, 1.82) is 0 Å². The second-order valence-electron chi connectivity index (χ2n) is 4.77. The summed E-state index contributed by atoms with van der Waals surface area (Å²) in [5.74, 6) is 1.60. The molecule has 1 saturated heterocycles. The highest BCUT2D eigenvalue weighted by atomic mass is 16.1. The van der Waals surface area contributed by atoms with E-state index in [1.165, 1.54) is 12.8 Å². The highest BCUT2D eigenvalue weighted by molar-refractivity contribution is 5.89. The van der Waals surface area contributed by atoms with Crippen molar-refractivity contribution >= 4 is 11.9 Å². The third kappa shape index (κ3) is 3.56. The molecule has 2 heterocycles. The van der Waals surface area contributed by atoms with Gasteiger partial charge in [0.25, 0.3) is 0 Å². The van der Waals surface area contributed by atoms with Gasteiger partial charge in [-0.3, -0.25) is 10.1 Å². The first-order valence-corrected chi connectivity index (χ1v) is 6.25. The smallest absolute Gasteiger partial charge is 0.226 e. The summed E-state index contributed by atoms with van der Waals surface area (Å²) in [6.07, 6.45) is 6.33. The van der Waals surface area contributed by atoms with Gasteiger partial charge < -0.3 is 10.3 Å². The van der Waals surface area contributed by atoms with E-state index in [9.17, 15) is 4.79 Å². The predicted octanol–water partition coefficient (Wildman–Crippen LogP) is 1.37. The van der Waals surface area contributed by atoms with Gasteiger partial charge in [0.2, 0.25) is 11.9 Å². The molecule has 1 fully saturated rings. The Balaban J connectivity index is 1.77. The zero-order valence-corrected chi connectivity index (χ0v) is 10.2. The third-order valence-electron chi connectivity index (χ3n) is 3.40. The molecule has 5 nitrogen and oxygen atoms in total. The highest BCUT2D eigenvalue weighted by Gasteiger charge is 2.22. The van der Waals surface area contributed by atoms with Crippen molar-refractivity contribution in [3.63, 3.8) is 0 Å². The molecule has 1 aliphatic rings. The van der Waals surface area contributed by atoms with Crippen molar-refractivity contribution in [3.05, 3.63) is 12.4 Å². The molecule has 3 N–H and O–H groups in total. The fourth-order valence-electron chi connectivity index (χ4n) is 2.34. The zero-order valence-electron chi connectivity index (χ0n) is 10.2. The van der Waals surface area contributed by atoms with Gasteiger partial charge in [0, 0.05) is 18.8 Å². The molecule has 2 atom stereocenters. The number of rotatable bonds is 4. The number of piperidine rings is 1. The van der Waals surface area contributed by atoms with Gasteiger partial charge in [0.1, 0.15) is 0 Å². The molecule has 0 saturated carbocycles. The van der Waals surface area contributed by atoms with Gasteiger partial charge in [-0.1, -0.05) is 6.92 Å². The normalized spacial score (nSPS) is 22.1. The van der Waals surface area contributed by atoms with Crippen molar-refractivity contribution in [2.24, 2.45) is 11.8 Å². The maximum atomic E-state index is 11.8. The molecule has 0 bridgehead atoms. The highest BCUT2D eigenvalue weighted by Crippen LogP contribution is 2.22. The van der Waals surface area contributed by atoms with E-state index in [4.69, 9.17) is 0 Å². The molecule has 1 aromatic heterocycles. The van der Waals surface area contributed by atoms with Crippen LogP contribution >= 0.6 is 0 Å². The molecule has 17 heavy (non-hydrogen) atoms. The fourth-order valence-corrected chi connectivity index (χ4v) is 2.34. The van der Waals surface area contributed by atoms with E-state index in [0.717, 1.165) is 13.1 Å². The minimum Gasteiger partial charge on any atom is -0.331 e. The maximum Gasteiger partial charge on any atom is 0.226 e. The Labute approximate surface area is 101 Å². The van der Waals surface area contributed by atoms with Crippen LogP contribution in [-0.4, -0.2) is 29.0 Å². The molecule has 1 amide bonds. The monoisotopic (exact) mass is 236 g/mol. The van der Waals surface area contributed by atoms with E-state index in [-0.39, 0.29) is 5.91 Å². The summed E-state index contributed by atoms with van der Waals surface area (Å²) in [6, 6.07) is 0. The van der Waals surface area contributed by atoms with Gasteiger partial charge in [0.15, 0.2) is 0 Å². The Kier molecular flexibility index (Phi) is 4.14. The Morgan fingerprint density at radius 2 is 2.59 bits per heavy atom. The van der Waals surface area contributed by atoms with Crippen LogP contribution in [-0.2, 0) is 4.79 Å². The lowest BCUT2D eigenvalue weighted by molar-refractivity contribution is -0.117. The van der Waals surface area contributed by atoms with Crippen LogP contribution in [0.3, 0.4) is 0 Å². The number of aromatic amines is 1. The topological polar surface area (TPSA) is 69.8 Å². The van der Waals surface area contributed by atoms with Crippen LogP contribution in [0.1, 0.15) is 26.2 Å². The minimum atomic E-state index is 0.0398. The molecule has 1 aromatic rings. The molecular formula is C12H20N4O. The summed E-state index contributed by atoms with van der Waals surface area (Å²) in [5, 5.41) is 6.15. The number of nitrogens with zero attached hydrogens (tertiary/aromatic N) is 1. The quantitative estimate of drug-likeness (QED) is 0.739. The summed E-state index contributed by atoms with van der Waals surface area (Å²) in [4.78, 5) is 18.6. The van der Waals surface area contributed by atoms with Crippen molar-refractivity contribution in [1.82, 2.24) is 15.3 Å². The van der Waals surface area contributed by atoms with Crippen LogP contribution < -0.4 is 10.6 Å². The van der Waals surface area contributed by atoms with Gasteiger partial charge >= 0.3 is 0 Å². The number of imidazole rings is 1. The Bertz CT molecular complexity index is 343. The largest absolute Gasteiger partial charge is 0.331 e. The number of amides is 1. The van der Waals surface area contributed by atoms with E-state index in [2.05, 4.69) is 27.5 Å². The van der Waals surface area contributed by atoms with Gasteiger partial charge in [-0.25, -0.2) is 4.98 Å². The van der Waals surface area contributed by atoms with Crippen molar-refractivity contribution < 1.29 is 4.79 Å². The summed E-state index contributed by atoms with van der Waals surface area (Å²) >= 11 is 0. The van der Waals surface area contributed by atoms with Crippen molar-refractivity contribution in [2.75, 3.05) is 18.4 Å². The predicted molar refractivity (Wildman–Crippen MR) is 66.6 cm³/mol. The van der Waals surface area contributed by atoms with Crippen LogP contribution in [0.5, 0.6) is 0 Å². The van der Waals surface area contributed by atoms with Gasteiger partial charge in [-0.15, -0.1) is 0 Å². The molecule has 0 aromatic carbocycles. The average molecular weight is 236 g/mol. The molecule has 0 spiro atoms. The second-order valence-corrected chi connectivity index (χ2v) is 4.77. The Morgan fingerprint density at radius 1 is 1.71 bits per heavy atom. The molecule has 94 valence electrons. The molecule has 2 rings (SSSR count). The van der Waals surface area contributed by atoms with Gasteiger partial charge in [0.05, 0.1) is 0 Å². The van der Waals surface area contributed by atoms with Crippen LogP contribution in [0.4, 0.5) is 5.95 Å². The summed E-state index contributed by atoms with van der Waals surface area (Å²) in [5.41, 5.74) is 0. The average Bonchev–Trinajstić information content (AvgIpc) is 2.82. The minimum absolute atomic E-state index is 0.0398. The van der Waals surface area contributed by atoms with E-state index in [1.807, 2.05) is 0 Å². The second kappa shape index (κ2) is 5.82. The molecule has 0 radical (unpaired) electrons. The van der Waals surface area contributed by atoms with Gasteiger partial charge in [-0.2, -0.15) is 0 Å². The molecule has 5 heteroatoms. The summed E-state index contributed by atoms with van der Waals surface area (Å²) in [7, 11) is 0. The first kappa shape index (κ1) is 12.1. The number of aromatic nitrogens is 2. The lowest BCUT2D eigenvalue weighted by atomic mass is 9.85. The number of carbonyl (C=O) groups excluding carboxylic acids is 1. The number of H-pyrrole nitrogens is 1. The number of carbonyl (C=O) groups is 1. The maximum absolute atomic E-state index is 11.8. The fraction of sp³-hybridized carbons (Fsp3) is 0.667. The Morgan fingerprint density at radius 3 is 3.24 bits per heavy atom. The van der Waals surface area contributed by atoms with Crippen molar-refractivity contribution in [3.8, 4) is 0 Å². The number of hydrogen-bond acceptors (Lipinski definition) is 3. The number of nitrogens with one attached hydrogen (secondary N) is 3. The standard InChI is InChI=1S/C12H20N4O/c1-9(10-3-2-4-13-8-10)7-11(17)16-12-14-5-6-15-12/h5-6,9-10,13H,2-4,7-8H2,1H3,(H2,14,15,16,17). The zero-order chi connectivity index (χ0) is 12.1. The first-order chi connectivity index (χ1) is 8.25. The van der Waals surface area contributed by atoms with E-state index >= 15 is 0 Å². The van der Waals surface area contributed by atoms with E-state index < -0.39 is 0 Å². The van der Waals surface area contributed by atoms with Crippen LogP contribution in [0.15, 0.2) is 12.4 Å². The van der Waals surface area contributed by atoms with E-state index in [0.29, 0.717) is 24.2 Å². The third-order valence-corrected chi connectivity index (χ3v) is 3.40. The van der Waals surface area contributed by atoms with Crippen LogP contribution in [0.2, 0.25) is 0 Å².